The minimum Gasteiger partial charge on any atom is -0.485 e. The number of nitrogens with one attached hydrogen (secondary N) is 1. The number of carbonyl (C=O) groups is 1. The highest BCUT2D eigenvalue weighted by Gasteiger charge is 2.30. The maximum absolute atomic E-state index is 12.4. The van der Waals surface area contributed by atoms with Crippen molar-refractivity contribution in [1.29, 1.82) is 0 Å². The Morgan fingerprint density at radius 2 is 2.10 bits per heavy atom. The predicted octanol–water partition coefficient (Wildman–Crippen LogP) is 1.79. The Morgan fingerprint density at radius 3 is 2.74 bits per heavy atom. The van der Waals surface area contributed by atoms with Gasteiger partial charge in [0.15, 0.2) is 15.7 Å². The molecule has 0 bridgehead atoms. The first-order valence-corrected chi connectivity index (χ1v) is 12.9. The summed E-state index contributed by atoms with van der Waals surface area (Å²) in [6.07, 6.45) is 0.442. The smallest absolute Gasteiger partial charge is 0.233 e. The molecule has 3 N–H and O–H groups in total. The van der Waals surface area contributed by atoms with Crippen molar-refractivity contribution >= 4 is 27.5 Å². The second-order valence-corrected chi connectivity index (χ2v) is 11.7. The zero-order valence-corrected chi connectivity index (χ0v) is 19.8. The summed E-state index contributed by atoms with van der Waals surface area (Å²) in [5, 5.41) is 10.8. The Balaban J connectivity index is 1.60. The summed E-state index contributed by atoms with van der Waals surface area (Å²) in [6.45, 7) is 8.07. The van der Waals surface area contributed by atoms with Crippen LogP contribution >= 0.6 is 11.8 Å². The third-order valence-electron chi connectivity index (χ3n) is 5.11. The van der Waals surface area contributed by atoms with Crippen molar-refractivity contribution in [3.05, 3.63) is 35.2 Å². The summed E-state index contributed by atoms with van der Waals surface area (Å²) < 4.78 is 30.4. The standard InChI is InChI=1S/C20H29N5O4S2/c1-12(2)16-6-5-13(3)9-17(16)29-10-18-23-24-20(25(18)21)30-14(4)19(26)22-15-7-8-31(27,28)11-15/h5-6,9,12,14-15H,7-8,10-11,21H2,1-4H3,(H,22,26)/t14-,15+/m1/s1. The number of nitrogens with zero attached hydrogens (tertiary/aromatic N) is 3. The minimum absolute atomic E-state index is 0.0119. The van der Waals surface area contributed by atoms with Gasteiger partial charge in [-0.15, -0.1) is 10.2 Å². The lowest BCUT2D eigenvalue weighted by atomic mass is 10.0. The second-order valence-electron chi connectivity index (χ2n) is 8.12. The summed E-state index contributed by atoms with van der Waals surface area (Å²) in [6, 6.07) is 5.75. The highest BCUT2D eigenvalue weighted by molar-refractivity contribution is 8.00. The molecule has 31 heavy (non-hydrogen) atoms. The number of thioether (sulfide) groups is 1. The fourth-order valence-corrected chi connectivity index (χ4v) is 5.78. The molecule has 0 unspecified atom stereocenters. The van der Waals surface area contributed by atoms with E-state index in [9.17, 15) is 13.2 Å². The zero-order chi connectivity index (χ0) is 22.8. The van der Waals surface area contributed by atoms with Crippen molar-refractivity contribution in [3.63, 3.8) is 0 Å². The normalized spacial score (nSPS) is 18.8. The maximum Gasteiger partial charge on any atom is 0.233 e. The van der Waals surface area contributed by atoms with Gasteiger partial charge >= 0.3 is 0 Å². The number of hydrogen-bond donors (Lipinski definition) is 2. The number of aryl methyl sites for hydroxylation is 1. The van der Waals surface area contributed by atoms with Crippen LogP contribution < -0.4 is 15.9 Å². The molecule has 1 aromatic heterocycles. The molecule has 2 heterocycles. The molecule has 11 heteroatoms. The van der Waals surface area contributed by atoms with Gasteiger partial charge in [0, 0.05) is 6.04 Å². The molecule has 3 rings (SSSR count). The lowest BCUT2D eigenvalue weighted by Gasteiger charge is -2.15. The van der Waals surface area contributed by atoms with E-state index in [1.54, 1.807) is 6.92 Å². The monoisotopic (exact) mass is 467 g/mol. The minimum atomic E-state index is -3.05. The lowest BCUT2D eigenvalue weighted by molar-refractivity contribution is -0.120. The van der Waals surface area contributed by atoms with Crippen molar-refractivity contribution in [2.24, 2.45) is 0 Å². The molecule has 1 aliphatic heterocycles. The van der Waals surface area contributed by atoms with Crippen LogP contribution in [-0.4, -0.2) is 52.0 Å². The number of sulfone groups is 1. The van der Waals surface area contributed by atoms with E-state index < -0.39 is 15.1 Å². The molecule has 0 aliphatic carbocycles. The Kier molecular flexibility index (Phi) is 7.15. The third-order valence-corrected chi connectivity index (χ3v) is 7.94. The molecule has 1 saturated heterocycles. The number of amides is 1. The fourth-order valence-electron chi connectivity index (χ4n) is 3.31. The molecule has 1 aliphatic rings. The van der Waals surface area contributed by atoms with Gasteiger partial charge in [0.2, 0.25) is 11.1 Å². The molecule has 1 amide bonds. The van der Waals surface area contributed by atoms with Gasteiger partial charge in [0.1, 0.15) is 12.4 Å². The van der Waals surface area contributed by atoms with Gasteiger partial charge in [-0.2, -0.15) is 0 Å². The molecule has 2 aromatic rings. The maximum atomic E-state index is 12.4. The Morgan fingerprint density at radius 1 is 1.35 bits per heavy atom. The van der Waals surface area contributed by atoms with Gasteiger partial charge < -0.3 is 15.9 Å². The first-order chi connectivity index (χ1) is 14.6. The van der Waals surface area contributed by atoms with E-state index in [1.165, 1.54) is 4.68 Å². The molecule has 2 atom stereocenters. The Labute approximate surface area is 187 Å². The largest absolute Gasteiger partial charge is 0.485 e. The quantitative estimate of drug-likeness (QED) is 0.444. The molecule has 1 aromatic carbocycles. The number of rotatable bonds is 8. The van der Waals surface area contributed by atoms with Crippen molar-refractivity contribution in [2.45, 2.75) is 63.1 Å². The number of benzene rings is 1. The molecule has 170 valence electrons. The number of aromatic nitrogens is 3. The Bertz CT molecular complexity index is 1050. The summed E-state index contributed by atoms with van der Waals surface area (Å²) in [5.41, 5.74) is 2.20. The van der Waals surface area contributed by atoms with Crippen LogP contribution in [-0.2, 0) is 21.2 Å². The van der Waals surface area contributed by atoms with E-state index in [-0.39, 0.29) is 30.1 Å². The van der Waals surface area contributed by atoms with Crippen LogP contribution in [0.4, 0.5) is 0 Å². The summed E-state index contributed by atoms with van der Waals surface area (Å²) in [4.78, 5) is 12.4. The second kappa shape index (κ2) is 9.47. The van der Waals surface area contributed by atoms with Gasteiger partial charge in [-0.05, 0) is 43.4 Å². The molecule has 0 radical (unpaired) electrons. The highest BCUT2D eigenvalue weighted by atomic mass is 32.2. The Hall–Kier alpha value is -2.27. The third kappa shape index (κ3) is 5.91. The summed E-state index contributed by atoms with van der Waals surface area (Å²) >= 11 is 1.16. The number of nitrogens with two attached hydrogens (primary N) is 1. The SMILES string of the molecule is Cc1ccc(C(C)C)c(OCc2nnc(S[C@H](C)C(=O)N[C@H]3CCS(=O)(=O)C3)n2N)c1. The van der Waals surface area contributed by atoms with Gasteiger partial charge in [-0.25, -0.2) is 13.1 Å². The average Bonchev–Trinajstić information content (AvgIpc) is 3.21. The van der Waals surface area contributed by atoms with Crippen molar-refractivity contribution in [3.8, 4) is 5.75 Å². The lowest BCUT2D eigenvalue weighted by Crippen LogP contribution is -2.40. The summed E-state index contributed by atoms with van der Waals surface area (Å²) in [7, 11) is -3.05. The van der Waals surface area contributed by atoms with Crippen molar-refractivity contribution in [2.75, 3.05) is 17.3 Å². The highest BCUT2D eigenvalue weighted by Crippen LogP contribution is 2.28. The zero-order valence-electron chi connectivity index (χ0n) is 18.2. The molecule has 0 saturated carbocycles. The van der Waals surface area contributed by atoms with Crippen LogP contribution in [0.1, 0.15) is 50.1 Å². The van der Waals surface area contributed by atoms with Gasteiger partial charge in [-0.3, -0.25) is 4.79 Å². The van der Waals surface area contributed by atoms with E-state index in [0.717, 1.165) is 28.6 Å². The van der Waals surface area contributed by atoms with E-state index in [2.05, 4.69) is 41.5 Å². The molecular formula is C20H29N5O4S2. The van der Waals surface area contributed by atoms with Crippen molar-refractivity contribution in [1.82, 2.24) is 20.2 Å². The number of carbonyl (C=O) groups excluding carboxylic acids is 1. The summed E-state index contributed by atoms with van der Waals surface area (Å²) in [5.74, 6) is 7.50. The average molecular weight is 468 g/mol. The van der Waals surface area contributed by atoms with Crippen LogP contribution in [0, 0.1) is 6.92 Å². The molecular weight excluding hydrogens is 438 g/mol. The first kappa shape index (κ1) is 23.4. The van der Waals surface area contributed by atoms with Crippen LogP contribution in [0.5, 0.6) is 5.75 Å². The molecule has 9 nitrogen and oxygen atoms in total. The van der Waals surface area contributed by atoms with E-state index in [4.69, 9.17) is 10.6 Å². The van der Waals surface area contributed by atoms with Crippen LogP contribution in [0.3, 0.4) is 0 Å². The first-order valence-electron chi connectivity index (χ1n) is 10.2. The molecule has 1 fully saturated rings. The van der Waals surface area contributed by atoms with Crippen molar-refractivity contribution < 1.29 is 17.9 Å². The number of ether oxygens (including phenoxy) is 1. The number of hydrogen-bond acceptors (Lipinski definition) is 8. The predicted molar refractivity (Wildman–Crippen MR) is 120 cm³/mol. The fraction of sp³-hybridized carbons (Fsp3) is 0.550. The van der Waals surface area contributed by atoms with Gasteiger partial charge in [0.25, 0.3) is 0 Å². The van der Waals surface area contributed by atoms with Crippen LogP contribution in [0.2, 0.25) is 0 Å². The van der Waals surface area contributed by atoms with E-state index >= 15 is 0 Å². The van der Waals surface area contributed by atoms with Gasteiger partial charge in [0.05, 0.1) is 16.8 Å². The topological polar surface area (TPSA) is 129 Å². The van der Waals surface area contributed by atoms with Crippen LogP contribution in [0.15, 0.2) is 23.4 Å². The van der Waals surface area contributed by atoms with E-state index in [1.807, 2.05) is 13.0 Å². The van der Waals surface area contributed by atoms with Gasteiger partial charge in [-0.1, -0.05) is 37.7 Å². The van der Waals surface area contributed by atoms with E-state index in [0.29, 0.717) is 23.3 Å². The number of nitrogen functional groups attached to an aromatic ring is 1. The van der Waals surface area contributed by atoms with Crippen LogP contribution in [0.25, 0.3) is 0 Å². The molecule has 0 spiro atoms.